The van der Waals surface area contributed by atoms with Gasteiger partial charge in [-0.1, -0.05) is 30.7 Å². The molecule has 0 aliphatic carbocycles. The van der Waals surface area contributed by atoms with Crippen LogP contribution in [0, 0.1) is 20.2 Å². The smallest absolute Gasteiger partial charge is 0.495 e. The summed E-state index contributed by atoms with van der Waals surface area (Å²) in [6, 6.07) is 23.6. The van der Waals surface area contributed by atoms with E-state index in [1.807, 2.05) is 47.4 Å². The average molecular weight is 1490 g/mol. The number of rotatable bonds is 10. The van der Waals surface area contributed by atoms with E-state index in [1.165, 1.54) is 19.2 Å². The molecule has 0 bridgehead atoms. The molecule has 0 spiro atoms. The molecule has 2 N–H and O–H groups in total. The molecule has 8 rings (SSSR count). The van der Waals surface area contributed by atoms with Crippen molar-refractivity contribution in [1.82, 2.24) is 0 Å². The van der Waals surface area contributed by atoms with E-state index < -0.39 is 4.92 Å². The van der Waals surface area contributed by atoms with Gasteiger partial charge in [0.05, 0.1) is 274 Å². The molecule has 104 heavy (non-hydrogen) atoms. The Labute approximate surface area is 633 Å². The number of nitrogen functional groups attached to an aromatic ring is 1. The Bertz CT molecular complexity index is 2680. The Kier molecular flexibility index (Phi) is 57.4. The maximum Gasteiger partial charge on any atom is 1.00 e. The van der Waals surface area contributed by atoms with E-state index >= 15 is 0 Å². The maximum absolute atomic E-state index is 11.0. The fraction of sp³-hybridized carbons (Fsp3) is 0.652. The number of methoxy groups -OCH3 is 4. The molecule has 0 amide bonds. The van der Waals surface area contributed by atoms with Gasteiger partial charge in [-0.3, -0.25) is 10.1 Å². The number of anilines is 5. The molecule has 0 radical (unpaired) electrons. The number of para-hydroxylation sites is 2. The first-order chi connectivity index (χ1) is 50.2. The van der Waals surface area contributed by atoms with Crippen LogP contribution in [0.3, 0.4) is 0 Å². The third-order valence-electron chi connectivity index (χ3n) is 14.9. The molecule has 0 unspecified atom stereocenters. The minimum Gasteiger partial charge on any atom is -0.495 e. The number of nitrogens with two attached hydrogens (primary N) is 1. The number of hydrogen-bond donors (Lipinski definition) is 1. The zero-order valence-electron chi connectivity index (χ0n) is 60.7. The first-order valence-corrected chi connectivity index (χ1v) is 34.0. The van der Waals surface area contributed by atoms with Crippen molar-refractivity contribution in [2.75, 3.05) is 318 Å². The number of azide groups is 1. The number of hydrogen-bond acceptors (Lipinski definition) is 31. The van der Waals surface area contributed by atoms with Crippen molar-refractivity contribution < 1.29 is 129 Å². The Morgan fingerprint density at radius 3 is 0.904 bits per heavy atom. The van der Waals surface area contributed by atoms with Crippen LogP contribution in [-0.2, 0) is 75.8 Å². The summed E-state index contributed by atoms with van der Waals surface area (Å²) in [5.74, 6) is 2.69. The van der Waals surface area contributed by atoms with E-state index in [0.717, 1.165) is 65.8 Å². The molecular weight excluding hydrogens is 1380 g/mol. The molecule has 34 nitrogen and oxygen atoms in total. The fourth-order valence-electron chi connectivity index (χ4n) is 9.78. The van der Waals surface area contributed by atoms with Crippen molar-refractivity contribution in [3.8, 4) is 23.0 Å². The number of non-ortho nitro benzene ring substituents is 1. The van der Waals surface area contributed by atoms with E-state index in [0.29, 0.717) is 260 Å². The molecule has 35 heteroatoms. The predicted octanol–water partition coefficient (Wildman–Crippen LogP) is 4.65. The van der Waals surface area contributed by atoms with Crippen molar-refractivity contribution >= 4 is 39.8 Å². The van der Waals surface area contributed by atoms with Crippen LogP contribution in [0.4, 0.5) is 39.8 Å². The van der Waals surface area contributed by atoms with Crippen LogP contribution in [0.1, 0.15) is 7.43 Å². The second-order valence-corrected chi connectivity index (χ2v) is 21.6. The zero-order chi connectivity index (χ0) is 73.0. The van der Waals surface area contributed by atoms with E-state index in [9.17, 15) is 10.1 Å². The molecule has 0 aromatic heterocycles. The molecule has 582 valence electrons. The van der Waals surface area contributed by atoms with Gasteiger partial charge in [0.15, 0.2) is 0 Å². The quantitative estimate of drug-likeness (QED) is 0.0330. The van der Waals surface area contributed by atoms with Crippen LogP contribution in [0.5, 0.6) is 23.0 Å². The van der Waals surface area contributed by atoms with E-state index in [2.05, 4.69) is 30.8 Å². The van der Waals surface area contributed by atoms with Crippen LogP contribution >= 0.6 is 0 Å². The largest absolute Gasteiger partial charge is 1.00 e. The van der Waals surface area contributed by atoms with Crippen molar-refractivity contribution in [2.24, 2.45) is 10.5 Å². The van der Waals surface area contributed by atoms with Gasteiger partial charge < -0.3 is 130 Å². The molecule has 4 aromatic carbocycles. The van der Waals surface area contributed by atoms with Gasteiger partial charge in [0.25, 0.3) is 5.69 Å². The minimum atomic E-state index is -0.440. The Morgan fingerprint density at radius 1 is 0.385 bits per heavy atom. The minimum absolute atomic E-state index is 0. The molecule has 4 saturated heterocycles. The Morgan fingerprint density at radius 2 is 0.625 bits per heavy atom. The molecule has 4 fully saturated rings. The zero-order valence-corrected chi connectivity index (χ0v) is 62.7. The van der Waals surface area contributed by atoms with E-state index in [1.54, 1.807) is 39.5 Å². The Hall–Kier alpha value is -6.45. The topological polar surface area (TPSA) is 368 Å². The Balaban J connectivity index is 0.000000462. The first-order valence-electron chi connectivity index (χ1n) is 34.0. The summed E-state index contributed by atoms with van der Waals surface area (Å²) in [7, 11) is 6.42. The van der Waals surface area contributed by atoms with E-state index in [4.69, 9.17) is 116 Å². The monoisotopic (exact) mass is 1490 g/mol. The summed E-state index contributed by atoms with van der Waals surface area (Å²) in [6.45, 7) is 23.6. The van der Waals surface area contributed by atoms with Crippen LogP contribution in [0.25, 0.3) is 10.4 Å². The molecule has 0 saturated carbocycles. The summed E-state index contributed by atoms with van der Waals surface area (Å²) < 4.78 is 110. The van der Waals surface area contributed by atoms with Gasteiger partial charge in [-0.05, 0) is 48.0 Å². The average Bonchev–Trinajstić information content (AvgIpc) is 0.858. The summed E-state index contributed by atoms with van der Waals surface area (Å²) in [5.41, 5.74) is 19.3. The summed E-state index contributed by atoms with van der Waals surface area (Å²) in [4.78, 5) is 29.9. The summed E-state index contributed by atoms with van der Waals surface area (Å²) >= 11 is 0. The van der Waals surface area contributed by atoms with Crippen molar-refractivity contribution in [1.29, 1.82) is 0 Å². The number of nitro groups is 1. The van der Waals surface area contributed by atoms with Gasteiger partial charge in [-0.15, -0.1) is 5.34 Å². The van der Waals surface area contributed by atoms with Crippen molar-refractivity contribution in [2.45, 2.75) is 7.43 Å². The fourth-order valence-corrected chi connectivity index (χ4v) is 9.78. The second-order valence-electron chi connectivity index (χ2n) is 21.6. The van der Waals surface area contributed by atoms with Crippen LogP contribution in [-0.4, -0.2) is 297 Å². The molecule has 4 heterocycles. The second kappa shape index (κ2) is 63.8. The molecule has 0 atom stereocenters. The number of ether oxygens (including phenoxy) is 20. The summed E-state index contributed by atoms with van der Waals surface area (Å²) in [5, 5.41) is 23.6. The van der Waals surface area contributed by atoms with Gasteiger partial charge in [-0.25, -0.2) is 0 Å². The molecular formula is C69H111N10NaO24. The van der Waals surface area contributed by atoms with Gasteiger partial charge in [0.1, 0.15) is 23.0 Å². The van der Waals surface area contributed by atoms with Crippen molar-refractivity contribution in [3.63, 3.8) is 0 Å². The van der Waals surface area contributed by atoms with Gasteiger partial charge in [0, 0.05) is 80.8 Å². The van der Waals surface area contributed by atoms with E-state index in [-0.39, 0.29) is 42.7 Å². The molecule has 4 aliphatic heterocycles. The summed E-state index contributed by atoms with van der Waals surface area (Å²) in [6.07, 6.45) is 0. The first kappa shape index (κ1) is 93.6. The third-order valence-corrected chi connectivity index (χ3v) is 14.9. The molecule has 4 aliphatic rings. The predicted molar refractivity (Wildman–Crippen MR) is 390 cm³/mol. The third kappa shape index (κ3) is 42.0. The maximum atomic E-state index is 11.0. The van der Waals surface area contributed by atoms with Gasteiger partial charge in [0.2, 0.25) is 0 Å². The number of nitro benzene ring substituents is 1. The van der Waals surface area contributed by atoms with Gasteiger partial charge >= 0.3 is 29.6 Å². The number of nitrogens with zero attached hydrogens (tertiary/aromatic N) is 9. The van der Waals surface area contributed by atoms with Crippen LogP contribution < -0.4 is 73.8 Å². The number of benzene rings is 4. The van der Waals surface area contributed by atoms with Gasteiger partial charge in [-0.2, -0.15) is 0 Å². The SMILES string of the molecule is C.COc1cc(N)ccc1N1CCOCCOCCOCCOCC1.COc1cc(N=[N+]=[N-])ccc1N1CCOCCOCCOCCOCC1.COc1cc([N+](=O)[O-])ccc1N1CCOCCOCCOCCOCC1.COc1ccccc1N1CCOCCOCCOCCOCC1.O=N[O-].[Na+]. The van der Waals surface area contributed by atoms with Crippen molar-refractivity contribution in [3.05, 3.63) is 110 Å². The molecule has 4 aromatic rings. The van der Waals surface area contributed by atoms with Crippen LogP contribution in [0.15, 0.2) is 89.3 Å². The van der Waals surface area contributed by atoms with Crippen LogP contribution in [0.2, 0.25) is 0 Å². The normalized spacial score (nSPS) is 18.1. The standard InChI is InChI=1S/C17H26N4O5.C17H26N2O7.C17H28N2O5.C17H27NO5.CH4.HNO2.Na/c1-22-17-14-15(19-20-18)2-3-16(17)21-4-6-23-8-10-25-12-13-26-11-9-24-7-5-21;1-22-17-14-15(19(20)21)2-3-16(17)18-4-6-23-8-10-25-12-13-26-11-9-24-7-5-18;1-20-17-14-15(18)2-3-16(17)19-4-6-21-8-10-23-12-13-24-11-9-22-7-5-19;1-19-17-5-3-2-4-16(17)18-6-8-20-10-12-22-14-15-23-13-11-21-9-7-18;;2-1-3;/h2*2-3,14H,4-13H2,1H3;2-3,14H,4-13,18H2,1H3;2-5H,6-15H2,1H3;1H4;(H,2,3);/q;;;;;;+1/p-1.